The molecule has 19 heavy (non-hydrogen) atoms. The number of nitrogens with zero attached hydrogens (tertiary/aromatic N) is 1. The number of morpholine rings is 1. The topological polar surface area (TPSA) is 62.3 Å². The quantitative estimate of drug-likeness (QED) is 0.631. The summed E-state index contributed by atoms with van der Waals surface area (Å²) in [5.41, 5.74) is 8.94. The van der Waals surface area contributed by atoms with Crippen LogP contribution in [0.5, 0.6) is 0 Å². The Hall–Kier alpha value is -1.55. The molecular formula is C15H21N3O. The molecule has 1 heterocycles. The average molecular weight is 259 g/mol. The smallest absolute Gasteiger partial charge is 0.124 e. The lowest BCUT2D eigenvalue weighted by molar-refractivity contribution is 0.0256. The van der Waals surface area contributed by atoms with Gasteiger partial charge in [0.05, 0.1) is 24.4 Å². The maximum Gasteiger partial charge on any atom is 0.124 e. The number of para-hydroxylation sites is 1. The molecule has 1 aromatic rings. The summed E-state index contributed by atoms with van der Waals surface area (Å²) < 4.78 is 5.87. The van der Waals surface area contributed by atoms with Crippen LogP contribution in [-0.2, 0) is 4.74 Å². The van der Waals surface area contributed by atoms with Crippen molar-refractivity contribution in [2.24, 2.45) is 5.73 Å². The summed E-state index contributed by atoms with van der Waals surface area (Å²) in [6.07, 6.45) is 3.92. The van der Waals surface area contributed by atoms with E-state index in [0.29, 0.717) is 12.1 Å². The highest BCUT2D eigenvalue weighted by atomic mass is 16.5. The number of nitrogen functional groups attached to an aromatic ring is 1. The first-order valence-electron chi connectivity index (χ1n) is 7.00. The molecule has 3 rings (SSSR count). The first kappa shape index (κ1) is 12.5. The van der Waals surface area contributed by atoms with Gasteiger partial charge in [0.15, 0.2) is 0 Å². The lowest BCUT2D eigenvalue weighted by Gasteiger charge is -2.41. The Kier molecular flexibility index (Phi) is 3.19. The van der Waals surface area contributed by atoms with Gasteiger partial charge in [0.1, 0.15) is 5.84 Å². The standard InChI is InChI=1S/C15H21N3O/c1-10-4-2-5-11(15(16)17)14(10)18-8-9-19-13-7-3-6-12(13)18/h2,4-5,12-13H,3,6-9H2,1H3,(H3,16,17). The molecule has 2 unspecified atom stereocenters. The Morgan fingerprint density at radius 3 is 3.05 bits per heavy atom. The number of nitrogens with one attached hydrogen (secondary N) is 1. The molecule has 1 aromatic carbocycles. The minimum absolute atomic E-state index is 0.153. The van der Waals surface area contributed by atoms with E-state index in [4.69, 9.17) is 15.9 Å². The van der Waals surface area contributed by atoms with Gasteiger partial charge in [0, 0.05) is 12.1 Å². The van der Waals surface area contributed by atoms with E-state index in [2.05, 4.69) is 17.9 Å². The van der Waals surface area contributed by atoms with E-state index in [0.717, 1.165) is 30.8 Å². The van der Waals surface area contributed by atoms with Crippen LogP contribution in [0, 0.1) is 12.3 Å². The molecule has 0 spiro atoms. The van der Waals surface area contributed by atoms with Gasteiger partial charge in [-0.2, -0.15) is 0 Å². The van der Waals surface area contributed by atoms with Crippen LogP contribution < -0.4 is 10.6 Å². The van der Waals surface area contributed by atoms with E-state index in [1.807, 2.05) is 12.1 Å². The van der Waals surface area contributed by atoms with Gasteiger partial charge in [-0.05, 0) is 37.8 Å². The summed E-state index contributed by atoms with van der Waals surface area (Å²) in [5, 5.41) is 7.80. The second-order valence-electron chi connectivity index (χ2n) is 5.49. The number of amidine groups is 1. The van der Waals surface area contributed by atoms with Crippen molar-refractivity contribution < 1.29 is 4.74 Å². The SMILES string of the molecule is Cc1cccc(C(=N)N)c1N1CCOC2CCCC21. The Bertz CT molecular complexity index is 500. The van der Waals surface area contributed by atoms with E-state index in [-0.39, 0.29) is 5.84 Å². The summed E-state index contributed by atoms with van der Waals surface area (Å²) in [6, 6.07) is 6.47. The van der Waals surface area contributed by atoms with Gasteiger partial charge < -0.3 is 15.4 Å². The van der Waals surface area contributed by atoms with E-state index >= 15 is 0 Å². The summed E-state index contributed by atoms with van der Waals surface area (Å²) in [7, 11) is 0. The molecule has 2 atom stereocenters. The first-order valence-corrected chi connectivity index (χ1v) is 7.00. The number of hydrogen-bond donors (Lipinski definition) is 2. The molecule has 0 radical (unpaired) electrons. The summed E-state index contributed by atoms with van der Waals surface area (Å²) >= 11 is 0. The molecule has 4 heteroatoms. The summed E-state index contributed by atoms with van der Waals surface area (Å²) in [6.45, 7) is 3.76. The molecule has 102 valence electrons. The minimum Gasteiger partial charge on any atom is -0.384 e. The van der Waals surface area contributed by atoms with Crippen molar-refractivity contribution in [1.29, 1.82) is 5.41 Å². The molecule has 1 saturated carbocycles. The number of nitrogens with two attached hydrogens (primary N) is 1. The van der Waals surface area contributed by atoms with Gasteiger partial charge >= 0.3 is 0 Å². The number of hydrogen-bond acceptors (Lipinski definition) is 3. The molecule has 1 aliphatic carbocycles. The molecule has 3 N–H and O–H groups in total. The third-order valence-electron chi connectivity index (χ3n) is 4.30. The predicted molar refractivity (Wildman–Crippen MR) is 76.9 cm³/mol. The monoisotopic (exact) mass is 259 g/mol. The van der Waals surface area contributed by atoms with Gasteiger partial charge in [-0.15, -0.1) is 0 Å². The van der Waals surface area contributed by atoms with E-state index < -0.39 is 0 Å². The number of benzene rings is 1. The average Bonchev–Trinajstić information content (AvgIpc) is 2.86. The van der Waals surface area contributed by atoms with Crippen molar-refractivity contribution in [2.45, 2.75) is 38.3 Å². The van der Waals surface area contributed by atoms with Crippen molar-refractivity contribution in [3.05, 3.63) is 29.3 Å². The van der Waals surface area contributed by atoms with Crippen LogP contribution in [0.3, 0.4) is 0 Å². The predicted octanol–water partition coefficient (Wildman–Crippen LogP) is 2.04. The highest BCUT2D eigenvalue weighted by molar-refractivity contribution is 6.01. The fourth-order valence-corrected chi connectivity index (χ4v) is 3.46. The second kappa shape index (κ2) is 4.85. The third kappa shape index (κ3) is 2.10. The van der Waals surface area contributed by atoms with Crippen LogP contribution in [0.25, 0.3) is 0 Å². The Morgan fingerprint density at radius 2 is 2.26 bits per heavy atom. The summed E-state index contributed by atoms with van der Waals surface area (Å²) in [5.74, 6) is 0.153. The van der Waals surface area contributed by atoms with Crippen LogP contribution >= 0.6 is 0 Å². The van der Waals surface area contributed by atoms with Gasteiger partial charge in [-0.3, -0.25) is 5.41 Å². The fourth-order valence-electron chi connectivity index (χ4n) is 3.46. The normalized spacial score (nSPS) is 26.3. The van der Waals surface area contributed by atoms with Crippen LogP contribution in [0.4, 0.5) is 5.69 Å². The molecule has 2 fully saturated rings. The first-order chi connectivity index (χ1) is 9.18. The minimum atomic E-state index is 0.153. The van der Waals surface area contributed by atoms with E-state index in [9.17, 15) is 0 Å². The fraction of sp³-hybridized carbons (Fsp3) is 0.533. The molecule has 0 bridgehead atoms. The van der Waals surface area contributed by atoms with E-state index in [1.54, 1.807) is 0 Å². The van der Waals surface area contributed by atoms with Crippen molar-refractivity contribution in [1.82, 2.24) is 0 Å². The Labute approximate surface area is 114 Å². The maximum absolute atomic E-state index is 7.80. The zero-order chi connectivity index (χ0) is 13.4. The van der Waals surface area contributed by atoms with Crippen molar-refractivity contribution in [2.75, 3.05) is 18.1 Å². The number of fused-ring (bicyclic) bond motifs is 1. The number of anilines is 1. The molecule has 4 nitrogen and oxygen atoms in total. The van der Waals surface area contributed by atoms with Crippen LogP contribution in [0.1, 0.15) is 30.4 Å². The Balaban J connectivity index is 2.03. The second-order valence-corrected chi connectivity index (χ2v) is 5.49. The van der Waals surface area contributed by atoms with Crippen molar-refractivity contribution in [3.8, 4) is 0 Å². The largest absolute Gasteiger partial charge is 0.384 e. The lowest BCUT2D eigenvalue weighted by atomic mass is 10.0. The Morgan fingerprint density at radius 1 is 1.42 bits per heavy atom. The van der Waals surface area contributed by atoms with Crippen molar-refractivity contribution in [3.63, 3.8) is 0 Å². The zero-order valence-electron chi connectivity index (χ0n) is 11.4. The number of aryl methyl sites for hydroxylation is 1. The lowest BCUT2D eigenvalue weighted by Crippen LogP contribution is -2.49. The molecule has 1 saturated heterocycles. The molecule has 0 amide bonds. The third-order valence-corrected chi connectivity index (χ3v) is 4.30. The van der Waals surface area contributed by atoms with Gasteiger partial charge in [0.2, 0.25) is 0 Å². The van der Waals surface area contributed by atoms with Crippen LogP contribution in [0.2, 0.25) is 0 Å². The van der Waals surface area contributed by atoms with Crippen LogP contribution in [0.15, 0.2) is 18.2 Å². The maximum atomic E-state index is 7.80. The zero-order valence-corrected chi connectivity index (χ0v) is 11.4. The highest BCUT2D eigenvalue weighted by Crippen LogP contribution is 2.36. The molecule has 1 aliphatic heterocycles. The van der Waals surface area contributed by atoms with Gasteiger partial charge in [-0.1, -0.05) is 12.1 Å². The molecule has 2 aliphatic rings. The number of ether oxygens (including phenoxy) is 1. The molecular weight excluding hydrogens is 238 g/mol. The van der Waals surface area contributed by atoms with Gasteiger partial charge in [-0.25, -0.2) is 0 Å². The van der Waals surface area contributed by atoms with Crippen molar-refractivity contribution >= 4 is 11.5 Å². The highest BCUT2D eigenvalue weighted by Gasteiger charge is 2.37. The summed E-state index contributed by atoms with van der Waals surface area (Å²) in [4.78, 5) is 2.42. The number of rotatable bonds is 2. The van der Waals surface area contributed by atoms with E-state index in [1.165, 1.54) is 18.4 Å². The van der Waals surface area contributed by atoms with Gasteiger partial charge in [0.25, 0.3) is 0 Å². The molecule has 0 aromatic heterocycles. The van der Waals surface area contributed by atoms with Crippen LogP contribution in [-0.4, -0.2) is 31.1 Å².